The topological polar surface area (TPSA) is 75.1 Å². The molecule has 2 heterocycles. The monoisotopic (exact) mass is 369 g/mol. The van der Waals surface area contributed by atoms with Crippen molar-refractivity contribution in [1.29, 1.82) is 0 Å². The van der Waals surface area contributed by atoms with Gasteiger partial charge in [0.15, 0.2) is 0 Å². The second kappa shape index (κ2) is 5.98. The van der Waals surface area contributed by atoms with E-state index in [-0.39, 0.29) is 5.56 Å². The quantitative estimate of drug-likeness (QED) is 0.516. The molecule has 0 fully saturated rings. The first-order valence-electron chi connectivity index (χ1n) is 7.48. The van der Waals surface area contributed by atoms with E-state index < -0.39 is 5.97 Å². The molecule has 0 amide bonds. The molecular formula is C18H12ClN3O2S. The Morgan fingerprint density at radius 1 is 1.24 bits per heavy atom. The Bertz CT molecular complexity index is 1140. The Balaban J connectivity index is 1.96. The van der Waals surface area contributed by atoms with Gasteiger partial charge >= 0.3 is 5.97 Å². The summed E-state index contributed by atoms with van der Waals surface area (Å²) in [6, 6.07) is 12.3. The van der Waals surface area contributed by atoms with Gasteiger partial charge in [-0.15, -0.1) is 0 Å². The van der Waals surface area contributed by atoms with Crippen molar-refractivity contribution < 1.29 is 9.90 Å². The van der Waals surface area contributed by atoms with Crippen LogP contribution in [0.3, 0.4) is 0 Å². The van der Waals surface area contributed by atoms with Crippen molar-refractivity contribution in [2.45, 2.75) is 6.92 Å². The lowest BCUT2D eigenvalue weighted by Gasteiger charge is -2.10. The van der Waals surface area contributed by atoms with Crippen molar-refractivity contribution in [1.82, 2.24) is 9.36 Å². The van der Waals surface area contributed by atoms with E-state index in [0.717, 1.165) is 26.9 Å². The highest BCUT2D eigenvalue weighted by Gasteiger charge is 2.15. The molecule has 0 atom stereocenters. The van der Waals surface area contributed by atoms with Crippen molar-refractivity contribution in [2.75, 3.05) is 5.32 Å². The zero-order chi connectivity index (χ0) is 17.6. The van der Waals surface area contributed by atoms with Gasteiger partial charge in [0.1, 0.15) is 5.82 Å². The molecule has 0 bridgehead atoms. The van der Waals surface area contributed by atoms with Crippen LogP contribution in [0.2, 0.25) is 5.02 Å². The lowest BCUT2D eigenvalue weighted by Crippen LogP contribution is -1.99. The van der Waals surface area contributed by atoms with E-state index in [4.69, 9.17) is 11.6 Å². The molecule has 0 radical (unpaired) electrons. The maximum Gasteiger partial charge on any atom is 0.335 e. The fourth-order valence-corrected chi connectivity index (χ4v) is 3.87. The number of hydrogen-bond acceptors (Lipinski definition) is 5. The van der Waals surface area contributed by atoms with Gasteiger partial charge in [-0.3, -0.25) is 0 Å². The summed E-state index contributed by atoms with van der Waals surface area (Å²) in [5, 5.41) is 15.0. The summed E-state index contributed by atoms with van der Waals surface area (Å²) in [4.78, 5) is 15.9. The van der Waals surface area contributed by atoms with E-state index in [2.05, 4.69) is 14.7 Å². The van der Waals surface area contributed by atoms with Gasteiger partial charge in [-0.05, 0) is 48.8 Å². The normalized spacial score (nSPS) is 11.1. The molecule has 0 aliphatic carbocycles. The van der Waals surface area contributed by atoms with Gasteiger partial charge in [0.2, 0.25) is 0 Å². The molecule has 7 heteroatoms. The second-order valence-electron chi connectivity index (χ2n) is 5.60. The third-order valence-corrected chi connectivity index (χ3v) is 5.12. The minimum absolute atomic E-state index is 0.203. The van der Waals surface area contributed by atoms with E-state index in [9.17, 15) is 9.90 Å². The molecule has 2 aromatic carbocycles. The molecule has 2 N–H and O–H groups in total. The number of anilines is 2. The van der Waals surface area contributed by atoms with Crippen molar-refractivity contribution in [3.8, 4) is 0 Å². The molecule has 25 heavy (non-hydrogen) atoms. The summed E-state index contributed by atoms with van der Waals surface area (Å²) < 4.78 is 5.42. The van der Waals surface area contributed by atoms with Gasteiger partial charge in [-0.1, -0.05) is 23.7 Å². The molecule has 4 aromatic rings. The van der Waals surface area contributed by atoms with Crippen LogP contribution in [0.4, 0.5) is 11.5 Å². The molecule has 0 aliphatic rings. The SMILES string of the molecule is Cc1nsc2c1c(Nc1cccc(Cl)c1)nc1cc(C(=O)O)ccc12. The smallest absolute Gasteiger partial charge is 0.335 e. The predicted octanol–water partition coefficient (Wildman–Crippen LogP) is 5.25. The Morgan fingerprint density at radius 2 is 2.08 bits per heavy atom. The number of nitrogens with one attached hydrogen (secondary N) is 1. The van der Waals surface area contributed by atoms with Crippen molar-refractivity contribution in [3.63, 3.8) is 0 Å². The largest absolute Gasteiger partial charge is 0.478 e. The maximum absolute atomic E-state index is 11.3. The lowest BCUT2D eigenvalue weighted by atomic mass is 10.1. The summed E-state index contributed by atoms with van der Waals surface area (Å²) in [5.41, 5.74) is 2.50. The number of pyridine rings is 1. The highest BCUT2D eigenvalue weighted by atomic mass is 35.5. The number of carboxylic acids is 1. The van der Waals surface area contributed by atoms with Crippen LogP contribution in [0.5, 0.6) is 0 Å². The zero-order valence-corrected chi connectivity index (χ0v) is 14.6. The van der Waals surface area contributed by atoms with Gasteiger partial charge < -0.3 is 10.4 Å². The number of hydrogen-bond donors (Lipinski definition) is 2. The van der Waals surface area contributed by atoms with Gasteiger partial charge in [0, 0.05) is 16.1 Å². The van der Waals surface area contributed by atoms with E-state index in [1.165, 1.54) is 11.5 Å². The summed E-state index contributed by atoms with van der Waals surface area (Å²) in [6.45, 7) is 1.93. The highest BCUT2D eigenvalue weighted by molar-refractivity contribution is 7.14. The molecule has 4 rings (SSSR count). The van der Waals surface area contributed by atoms with Crippen molar-refractivity contribution >= 4 is 61.6 Å². The number of aromatic carboxylic acids is 1. The molecule has 0 spiro atoms. The van der Waals surface area contributed by atoms with E-state index in [1.807, 2.05) is 25.1 Å². The number of rotatable bonds is 3. The minimum atomic E-state index is -0.978. The first kappa shape index (κ1) is 15.8. The third-order valence-electron chi connectivity index (χ3n) is 3.91. The molecule has 124 valence electrons. The van der Waals surface area contributed by atoms with Gasteiger partial charge in [0.25, 0.3) is 0 Å². The Morgan fingerprint density at radius 3 is 2.84 bits per heavy atom. The van der Waals surface area contributed by atoms with Crippen LogP contribution in [-0.2, 0) is 0 Å². The molecular weight excluding hydrogens is 358 g/mol. The van der Waals surface area contributed by atoms with Crippen LogP contribution >= 0.6 is 23.1 Å². The third kappa shape index (κ3) is 2.79. The summed E-state index contributed by atoms with van der Waals surface area (Å²) in [5.74, 6) is -0.341. The lowest BCUT2D eigenvalue weighted by molar-refractivity contribution is 0.0697. The molecule has 0 aliphatic heterocycles. The van der Waals surface area contributed by atoms with Crippen LogP contribution in [0.15, 0.2) is 42.5 Å². The number of halogens is 1. The van der Waals surface area contributed by atoms with Gasteiger partial charge in [-0.25, -0.2) is 9.78 Å². The number of carboxylic acid groups (broad SMARTS) is 1. The van der Waals surface area contributed by atoms with Crippen LogP contribution in [0.1, 0.15) is 16.1 Å². The standard InChI is InChI=1S/C18H12ClN3O2S/c1-9-15-16(25-22-9)13-6-5-10(18(23)24)7-14(13)21-17(15)20-12-4-2-3-11(19)8-12/h2-8H,1H3,(H,20,21)(H,23,24). The number of fused-ring (bicyclic) bond motifs is 3. The van der Waals surface area contributed by atoms with Crippen molar-refractivity contribution in [2.24, 2.45) is 0 Å². The van der Waals surface area contributed by atoms with E-state index >= 15 is 0 Å². The van der Waals surface area contributed by atoms with Crippen LogP contribution in [-0.4, -0.2) is 20.4 Å². The van der Waals surface area contributed by atoms with E-state index in [1.54, 1.807) is 24.3 Å². The number of nitrogens with zero attached hydrogens (tertiary/aromatic N) is 2. The summed E-state index contributed by atoms with van der Waals surface area (Å²) in [6.07, 6.45) is 0. The van der Waals surface area contributed by atoms with Crippen LogP contribution in [0.25, 0.3) is 21.0 Å². The van der Waals surface area contributed by atoms with Crippen LogP contribution in [0, 0.1) is 6.92 Å². The second-order valence-corrected chi connectivity index (χ2v) is 6.81. The molecule has 0 saturated carbocycles. The summed E-state index contributed by atoms with van der Waals surface area (Å²) in [7, 11) is 0. The minimum Gasteiger partial charge on any atom is -0.478 e. The molecule has 0 saturated heterocycles. The molecule has 0 unspecified atom stereocenters. The first-order valence-corrected chi connectivity index (χ1v) is 8.63. The molecule has 5 nitrogen and oxygen atoms in total. The summed E-state index contributed by atoms with van der Waals surface area (Å²) >= 11 is 7.44. The predicted molar refractivity (Wildman–Crippen MR) is 101 cm³/mol. The zero-order valence-electron chi connectivity index (χ0n) is 13.1. The van der Waals surface area contributed by atoms with Crippen molar-refractivity contribution in [3.05, 3.63) is 58.7 Å². The number of aryl methyl sites for hydroxylation is 1. The Hall–Kier alpha value is -2.70. The Kier molecular flexibility index (Phi) is 3.78. The maximum atomic E-state index is 11.3. The molecule has 2 aromatic heterocycles. The van der Waals surface area contributed by atoms with E-state index in [0.29, 0.717) is 16.4 Å². The number of carbonyl (C=O) groups is 1. The van der Waals surface area contributed by atoms with Crippen LogP contribution < -0.4 is 5.32 Å². The highest BCUT2D eigenvalue weighted by Crippen LogP contribution is 2.36. The average Bonchev–Trinajstić information content (AvgIpc) is 2.97. The number of benzene rings is 2. The average molecular weight is 370 g/mol. The Labute approximate surface area is 152 Å². The fraction of sp³-hybridized carbons (Fsp3) is 0.0556. The fourth-order valence-electron chi connectivity index (χ4n) is 2.75. The number of aromatic nitrogens is 2. The first-order chi connectivity index (χ1) is 12.0. The van der Waals surface area contributed by atoms with Gasteiger partial charge in [-0.2, -0.15) is 4.37 Å². The van der Waals surface area contributed by atoms with Gasteiger partial charge in [0.05, 0.1) is 26.9 Å².